The standard InChI is InChI=1S/C19H23N7O/c1-12(2)19(27)26-9-7-25(8-10-26)15-11-21-17(20)16(24-15)18-22-13-5-3-4-6-14(13)23-18/h3-6,11-12H,7-10H2,1-2H3,(H2,20,21)(H,22,23). The molecule has 1 saturated heterocycles. The molecule has 1 fully saturated rings. The van der Waals surface area contributed by atoms with Crippen molar-refractivity contribution in [1.82, 2.24) is 24.8 Å². The number of piperazine rings is 1. The number of nitrogens with one attached hydrogen (secondary N) is 1. The van der Waals surface area contributed by atoms with Gasteiger partial charge in [-0.2, -0.15) is 0 Å². The largest absolute Gasteiger partial charge is 0.382 e. The number of hydrogen-bond acceptors (Lipinski definition) is 6. The second kappa shape index (κ2) is 6.86. The van der Waals surface area contributed by atoms with E-state index in [4.69, 9.17) is 10.7 Å². The lowest BCUT2D eigenvalue weighted by Crippen LogP contribution is -2.50. The fraction of sp³-hybridized carbons (Fsp3) is 0.368. The van der Waals surface area contributed by atoms with Crippen LogP contribution < -0.4 is 10.6 Å². The van der Waals surface area contributed by atoms with Gasteiger partial charge in [-0.15, -0.1) is 0 Å². The first kappa shape index (κ1) is 17.3. The normalized spacial score (nSPS) is 14.9. The van der Waals surface area contributed by atoms with E-state index in [1.165, 1.54) is 0 Å². The third-order valence-electron chi connectivity index (χ3n) is 4.81. The maximum absolute atomic E-state index is 12.2. The number of nitrogen functional groups attached to an aromatic ring is 1. The zero-order valence-corrected chi connectivity index (χ0v) is 15.5. The van der Waals surface area contributed by atoms with Gasteiger partial charge in [-0.25, -0.2) is 15.0 Å². The van der Waals surface area contributed by atoms with Crippen molar-refractivity contribution in [2.75, 3.05) is 36.8 Å². The van der Waals surface area contributed by atoms with Gasteiger partial charge in [-0.05, 0) is 12.1 Å². The molecule has 1 amide bonds. The van der Waals surface area contributed by atoms with Crippen molar-refractivity contribution in [3.8, 4) is 11.5 Å². The number of rotatable bonds is 3. The van der Waals surface area contributed by atoms with Crippen LogP contribution in [-0.2, 0) is 4.79 Å². The summed E-state index contributed by atoms with van der Waals surface area (Å²) in [4.78, 5) is 33.0. The first-order chi connectivity index (χ1) is 13.0. The van der Waals surface area contributed by atoms with Crippen LogP contribution in [0.5, 0.6) is 0 Å². The van der Waals surface area contributed by atoms with E-state index in [0.29, 0.717) is 30.4 Å². The molecular weight excluding hydrogens is 342 g/mol. The van der Waals surface area contributed by atoms with Gasteiger partial charge in [0.2, 0.25) is 5.91 Å². The Kier molecular flexibility index (Phi) is 4.39. The zero-order valence-electron chi connectivity index (χ0n) is 15.5. The number of carbonyl (C=O) groups is 1. The molecule has 1 aliphatic rings. The SMILES string of the molecule is CC(C)C(=O)N1CCN(c2cnc(N)c(-c3nc4ccccc4[nH]3)n2)CC1. The van der Waals surface area contributed by atoms with Crippen molar-refractivity contribution in [3.05, 3.63) is 30.5 Å². The minimum atomic E-state index is 0.0209. The van der Waals surface area contributed by atoms with Crippen LogP contribution in [0.25, 0.3) is 22.6 Å². The summed E-state index contributed by atoms with van der Waals surface area (Å²) in [6.07, 6.45) is 1.68. The molecule has 0 bridgehead atoms. The van der Waals surface area contributed by atoms with E-state index < -0.39 is 0 Å². The Morgan fingerprint density at radius 1 is 1.15 bits per heavy atom. The van der Waals surface area contributed by atoms with Gasteiger partial charge >= 0.3 is 0 Å². The summed E-state index contributed by atoms with van der Waals surface area (Å²) in [6.45, 7) is 6.67. The number of aromatic nitrogens is 4. The molecule has 3 aromatic rings. The topological polar surface area (TPSA) is 104 Å². The fourth-order valence-electron chi connectivity index (χ4n) is 3.30. The third-order valence-corrected chi connectivity index (χ3v) is 4.81. The van der Waals surface area contributed by atoms with Gasteiger partial charge < -0.3 is 20.5 Å². The van der Waals surface area contributed by atoms with Gasteiger partial charge in [-0.1, -0.05) is 26.0 Å². The minimum absolute atomic E-state index is 0.0209. The molecule has 3 heterocycles. The highest BCUT2D eigenvalue weighted by Gasteiger charge is 2.24. The monoisotopic (exact) mass is 365 g/mol. The molecule has 2 aromatic heterocycles. The molecule has 0 radical (unpaired) electrons. The summed E-state index contributed by atoms with van der Waals surface area (Å²) < 4.78 is 0. The molecule has 1 aromatic carbocycles. The van der Waals surface area contributed by atoms with Gasteiger partial charge in [0.25, 0.3) is 0 Å². The Labute approximate surface area is 157 Å². The predicted octanol–water partition coefficient (Wildman–Crippen LogP) is 1.91. The Morgan fingerprint density at radius 3 is 2.59 bits per heavy atom. The number of benzene rings is 1. The van der Waals surface area contributed by atoms with E-state index in [9.17, 15) is 4.79 Å². The molecule has 0 unspecified atom stereocenters. The van der Waals surface area contributed by atoms with Gasteiger partial charge in [-0.3, -0.25) is 4.79 Å². The summed E-state index contributed by atoms with van der Waals surface area (Å²) in [5.41, 5.74) is 8.40. The highest BCUT2D eigenvalue weighted by molar-refractivity contribution is 5.81. The van der Waals surface area contributed by atoms with Crippen LogP contribution in [-0.4, -0.2) is 56.9 Å². The number of nitrogens with two attached hydrogens (primary N) is 1. The number of nitrogens with zero attached hydrogens (tertiary/aromatic N) is 5. The van der Waals surface area contributed by atoms with Crippen LogP contribution in [0.3, 0.4) is 0 Å². The lowest BCUT2D eigenvalue weighted by molar-refractivity contribution is -0.134. The second-order valence-corrected chi connectivity index (χ2v) is 7.03. The summed E-state index contributed by atoms with van der Waals surface area (Å²) in [6, 6.07) is 7.79. The minimum Gasteiger partial charge on any atom is -0.382 e. The Balaban J connectivity index is 1.57. The lowest BCUT2D eigenvalue weighted by Gasteiger charge is -2.36. The second-order valence-electron chi connectivity index (χ2n) is 7.03. The van der Waals surface area contributed by atoms with Crippen molar-refractivity contribution in [2.45, 2.75) is 13.8 Å². The number of H-pyrrole nitrogens is 1. The number of aromatic amines is 1. The quantitative estimate of drug-likeness (QED) is 0.735. The summed E-state index contributed by atoms with van der Waals surface area (Å²) in [5, 5.41) is 0. The van der Waals surface area contributed by atoms with Gasteiger partial charge in [0.05, 0.1) is 17.2 Å². The van der Waals surface area contributed by atoms with Crippen molar-refractivity contribution in [3.63, 3.8) is 0 Å². The van der Waals surface area contributed by atoms with E-state index in [0.717, 1.165) is 29.9 Å². The molecule has 140 valence electrons. The number of fused-ring (bicyclic) bond motifs is 1. The molecule has 27 heavy (non-hydrogen) atoms. The number of para-hydroxylation sites is 2. The maximum atomic E-state index is 12.2. The van der Waals surface area contributed by atoms with Crippen LogP contribution in [0.15, 0.2) is 30.5 Å². The average Bonchev–Trinajstić information content (AvgIpc) is 3.12. The molecule has 0 saturated carbocycles. The van der Waals surface area contributed by atoms with Crippen LogP contribution >= 0.6 is 0 Å². The van der Waals surface area contributed by atoms with Gasteiger partial charge in [0, 0.05) is 32.1 Å². The summed E-state index contributed by atoms with van der Waals surface area (Å²) in [5.74, 6) is 1.91. The van der Waals surface area contributed by atoms with E-state index >= 15 is 0 Å². The number of amides is 1. The maximum Gasteiger partial charge on any atom is 0.225 e. The van der Waals surface area contributed by atoms with Crippen LogP contribution in [0.1, 0.15) is 13.8 Å². The average molecular weight is 365 g/mol. The molecule has 0 atom stereocenters. The van der Waals surface area contributed by atoms with Crippen LogP contribution in [0, 0.1) is 5.92 Å². The van der Waals surface area contributed by atoms with E-state index in [-0.39, 0.29) is 11.8 Å². The highest BCUT2D eigenvalue weighted by atomic mass is 16.2. The molecule has 8 heteroatoms. The van der Waals surface area contributed by atoms with E-state index in [1.807, 2.05) is 43.0 Å². The van der Waals surface area contributed by atoms with Crippen molar-refractivity contribution in [1.29, 1.82) is 0 Å². The van der Waals surface area contributed by atoms with Crippen molar-refractivity contribution in [2.24, 2.45) is 5.92 Å². The number of imidazole rings is 1. The van der Waals surface area contributed by atoms with Crippen LogP contribution in [0.2, 0.25) is 0 Å². The highest BCUT2D eigenvalue weighted by Crippen LogP contribution is 2.25. The van der Waals surface area contributed by atoms with Crippen molar-refractivity contribution >= 4 is 28.6 Å². The molecule has 4 rings (SSSR count). The Morgan fingerprint density at radius 2 is 1.89 bits per heavy atom. The zero-order chi connectivity index (χ0) is 19.0. The third kappa shape index (κ3) is 3.30. The molecule has 3 N–H and O–H groups in total. The first-order valence-corrected chi connectivity index (χ1v) is 9.14. The summed E-state index contributed by atoms with van der Waals surface area (Å²) in [7, 11) is 0. The lowest BCUT2D eigenvalue weighted by atomic mass is 10.1. The Bertz CT molecular complexity index is 940. The molecule has 0 aliphatic carbocycles. The summed E-state index contributed by atoms with van der Waals surface area (Å²) >= 11 is 0. The molecule has 8 nitrogen and oxygen atoms in total. The number of carbonyl (C=O) groups excluding carboxylic acids is 1. The number of hydrogen-bond donors (Lipinski definition) is 2. The Hall–Kier alpha value is -3.16. The molecule has 0 spiro atoms. The predicted molar refractivity (Wildman–Crippen MR) is 105 cm³/mol. The van der Waals surface area contributed by atoms with Crippen LogP contribution in [0.4, 0.5) is 11.6 Å². The van der Waals surface area contributed by atoms with Gasteiger partial charge in [0.15, 0.2) is 17.3 Å². The van der Waals surface area contributed by atoms with E-state index in [2.05, 4.69) is 19.9 Å². The van der Waals surface area contributed by atoms with Gasteiger partial charge in [0.1, 0.15) is 5.82 Å². The fourth-order valence-corrected chi connectivity index (χ4v) is 3.30. The molecular formula is C19H23N7O. The molecule has 1 aliphatic heterocycles. The van der Waals surface area contributed by atoms with E-state index in [1.54, 1.807) is 6.20 Å². The number of anilines is 2. The first-order valence-electron chi connectivity index (χ1n) is 9.14. The van der Waals surface area contributed by atoms with Crippen molar-refractivity contribution < 1.29 is 4.79 Å². The smallest absolute Gasteiger partial charge is 0.225 e.